The van der Waals surface area contributed by atoms with E-state index in [9.17, 15) is 19.5 Å². The SMILES string of the molecule is Cn1nc2c(=O)n(CC3(O)CCN(C(=O)CC(C4CC4)C4CC4)CC3)cnc2c1-c1ccc(CNC(=O)O)cc1. The maximum absolute atomic E-state index is 13.4. The summed E-state index contributed by atoms with van der Waals surface area (Å²) >= 11 is 0. The summed E-state index contributed by atoms with van der Waals surface area (Å²) in [6, 6.07) is 7.32. The lowest BCUT2D eigenvalue weighted by Crippen LogP contribution is -2.50. The quantitative estimate of drug-likeness (QED) is 0.373. The van der Waals surface area contributed by atoms with Gasteiger partial charge >= 0.3 is 6.09 Å². The maximum atomic E-state index is 13.4. The van der Waals surface area contributed by atoms with Crippen LogP contribution >= 0.6 is 0 Å². The second-order valence-electron chi connectivity index (χ2n) is 11.9. The summed E-state index contributed by atoms with van der Waals surface area (Å²) in [7, 11) is 1.75. The third kappa shape index (κ3) is 5.47. The molecule has 0 bridgehead atoms. The molecule has 0 spiro atoms. The molecular weight excluding hydrogens is 512 g/mol. The van der Waals surface area contributed by atoms with Crippen LogP contribution < -0.4 is 10.9 Å². The van der Waals surface area contributed by atoms with Gasteiger partial charge in [0.05, 0.1) is 24.2 Å². The fourth-order valence-electron chi connectivity index (χ4n) is 6.23. The van der Waals surface area contributed by atoms with Crippen molar-refractivity contribution in [3.05, 3.63) is 46.5 Å². The molecule has 3 aromatic rings. The number of aromatic nitrogens is 4. The molecule has 2 saturated carbocycles. The standard InChI is InChI=1S/C29H36N6O5/c1-33-26(21-4-2-18(3-5-21)15-30-28(38)39)24-25(32-33)27(37)35(17-31-24)16-29(40)10-12-34(13-11-29)23(36)14-22(19-6-7-19)20-8-9-20/h2-5,17,19-20,22,30,40H,6-16H2,1H3,(H,38,39). The number of piperidine rings is 1. The summed E-state index contributed by atoms with van der Waals surface area (Å²) in [6.07, 6.45) is 6.89. The number of nitrogens with zero attached hydrogens (tertiary/aromatic N) is 5. The molecular formula is C29H36N6O5. The molecule has 40 heavy (non-hydrogen) atoms. The molecule has 3 N–H and O–H groups in total. The molecule has 3 fully saturated rings. The zero-order valence-electron chi connectivity index (χ0n) is 22.8. The van der Waals surface area contributed by atoms with E-state index in [0.29, 0.717) is 49.5 Å². The van der Waals surface area contributed by atoms with Crippen molar-refractivity contribution < 1.29 is 19.8 Å². The lowest BCUT2D eigenvalue weighted by atomic mass is 9.89. The number of carboxylic acid groups (broad SMARTS) is 1. The number of carbonyl (C=O) groups excluding carboxylic acids is 1. The summed E-state index contributed by atoms with van der Waals surface area (Å²) in [4.78, 5) is 43.6. The summed E-state index contributed by atoms with van der Waals surface area (Å²) in [6.45, 7) is 1.28. The number of hydrogen-bond donors (Lipinski definition) is 3. The van der Waals surface area contributed by atoms with Crippen LogP contribution in [0, 0.1) is 17.8 Å². The minimum atomic E-state index is -1.10. The van der Waals surface area contributed by atoms with Gasteiger partial charge in [0, 0.05) is 38.7 Å². The van der Waals surface area contributed by atoms with Gasteiger partial charge in [0.15, 0.2) is 5.52 Å². The van der Waals surface area contributed by atoms with Crippen LogP contribution in [0.2, 0.25) is 0 Å². The van der Waals surface area contributed by atoms with Gasteiger partial charge in [-0.25, -0.2) is 9.78 Å². The second kappa shape index (κ2) is 10.3. The molecule has 1 saturated heterocycles. The van der Waals surface area contributed by atoms with Gasteiger partial charge < -0.3 is 20.4 Å². The van der Waals surface area contributed by atoms with E-state index in [1.165, 1.54) is 36.6 Å². The lowest BCUT2D eigenvalue weighted by Gasteiger charge is -2.38. The molecule has 11 heteroatoms. The van der Waals surface area contributed by atoms with Crippen LogP contribution in [0.3, 0.4) is 0 Å². The smallest absolute Gasteiger partial charge is 0.404 e. The van der Waals surface area contributed by atoms with Gasteiger partial charge in [0.1, 0.15) is 5.52 Å². The minimum Gasteiger partial charge on any atom is -0.465 e. The Bertz CT molecular complexity index is 1470. The van der Waals surface area contributed by atoms with E-state index in [2.05, 4.69) is 15.4 Å². The van der Waals surface area contributed by atoms with Gasteiger partial charge in [-0.1, -0.05) is 24.3 Å². The van der Waals surface area contributed by atoms with Gasteiger partial charge in [-0.3, -0.25) is 18.8 Å². The van der Waals surface area contributed by atoms with Crippen LogP contribution in [0.4, 0.5) is 4.79 Å². The summed E-state index contributed by atoms with van der Waals surface area (Å²) in [5, 5.41) is 26.9. The van der Waals surface area contributed by atoms with E-state index in [1.54, 1.807) is 11.7 Å². The minimum absolute atomic E-state index is 0.0980. The van der Waals surface area contributed by atoms with Gasteiger partial charge in [0.25, 0.3) is 5.56 Å². The Kier molecular flexibility index (Phi) is 6.85. The number of amides is 2. The molecule has 212 valence electrons. The molecule has 3 heterocycles. The number of benzene rings is 1. The summed E-state index contributed by atoms with van der Waals surface area (Å²) in [5.74, 6) is 2.22. The highest BCUT2D eigenvalue weighted by Crippen LogP contribution is 2.51. The number of aryl methyl sites for hydroxylation is 1. The van der Waals surface area contributed by atoms with Crippen LogP contribution in [-0.4, -0.2) is 65.1 Å². The van der Waals surface area contributed by atoms with E-state index >= 15 is 0 Å². The van der Waals surface area contributed by atoms with Gasteiger partial charge in [-0.15, -0.1) is 0 Å². The van der Waals surface area contributed by atoms with Crippen LogP contribution in [0.1, 0.15) is 50.5 Å². The fourth-order valence-corrected chi connectivity index (χ4v) is 6.23. The van der Waals surface area contributed by atoms with Gasteiger partial charge in [0.2, 0.25) is 5.91 Å². The first kappa shape index (κ1) is 26.5. The molecule has 3 aliphatic rings. The van der Waals surface area contributed by atoms with Crippen molar-refractivity contribution in [1.82, 2.24) is 29.5 Å². The van der Waals surface area contributed by atoms with Gasteiger partial charge in [-0.2, -0.15) is 5.10 Å². The number of nitrogens with one attached hydrogen (secondary N) is 1. The Morgan fingerprint density at radius 2 is 1.73 bits per heavy atom. The molecule has 2 amide bonds. The second-order valence-corrected chi connectivity index (χ2v) is 11.9. The Balaban J connectivity index is 1.13. The predicted molar refractivity (Wildman–Crippen MR) is 147 cm³/mol. The topological polar surface area (TPSA) is 143 Å². The molecule has 0 atom stereocenters. The van der Waals surface area contributed by atoms with Crippen LogP contribution in [-0.2, 0) is 24.9 Å². The Labute approximate surface area is 231 Å². The maximum Gasteiger partial charge on any atom is 0.404 e. The monoisotopic (exact) mass is 548 g/mol. The van der Waals surface area contributed by atoms with E-state index in [1.807, 2.05) is 29.2 Å². The van der Waals surface area contributed by atoms with Crippen molar-refractivity contribution in [1.29, 1.82) is 0 Å². The number of carbonyl (C=O) groups is 2. The highest BCUT2D eigenvalue weighted by atomic mass is 16.4. The molecule has 6 rings (SSSR count). The third-order valence-corrected chi connectivity index (χ3v) is 8.86. The van der Waals surface area contributed by atoms with E-state index in [4.69, 9.17) is 5.11 Å². The van der Waals surface area contributed by atoms with E-state index < -0.39 is 11.7 Å². The first-order valence-corrected chi connectivity index (χ1v) is 14.2. The van der Waals surface area contributed by atoms with Crippen LogP contribution in [0.15, 0.2) is 35.4 Å². The molecule has 0 unspecified atom stereocenters. The van der Waals surface area contributed by atoms with Crippen LogP contribution in [0.5, 0.6) is 0 Å². The highest BCUT2D eigenvalue weighted by Gasteiger charge is 2.43. The van der Waals surface area contributed by atoms with Crippen molar-refractivity contribution in [3.8, 4) is 11.3 Å². The molecule has 1 aliphatic heterocycles. The van der Waals surface area contributed by atoms with Gasteiger partial charge in [-0.05, 0) is 61.8 Å². The first-order valence-electron chi connectivity index (χ1n) is 14.2. The Morgan fingerprint density at radius 1 is 1.07 bits per heavy atom. The molecule has 11 nitrogen and oxygen atoms in total. The number of hydrogen-bond acceptors (Lipinski definition) is 6. The molecule has 1 aromatic carbocycles. The van der Waals surface area contributed by atoms with E-state index in [0.717, 1.165) is 23.0 Å². The number of fused-ring (bicyclic) bond motifs is 1. The zero-order chi connectivity index (χ0) is 28.0. The van der Waals surface area contributed by atoms with Crippen LogP contribution in [0.25, 0.3) is 22.3 Å². The number of rotatable bonds is 9. The van der Waals surface area contributed by atoms with Crippen molar-refractivity contribution in [2.75, 3.05) is 13.1 Å². The predicted octanol–water partition coefficient (Wildman–Crippen LogP) is 2.74. The number of likely N-dealkylation sites (tertiary alicyclic amines) is 1. The molecule has 2 aliphatic carbocycles. The van der Waals surface area contributed by atoms with Crippen molar-refractivity contribution in [2.45, 2.75) is 63.6 Å². The summed E-state index contributed by atoms with van der Waals surface area (Å²) < 4.78 is 3.04. The van der Waals surface area contributed by atoms with Crippen molar-refractivity contribution in [2.24, 2.45) is 24.8 Å². The normalized spacial score (nSPS) is 18.8. The third-order valence-electron chi connectivity index (χ3n) is 8.86. The molecule has 0 radical (unpaired) electrons. The summed E-state index contributed by atoms with van der Waals surface area (Å²) in [5.41, 5.74) is 1.55. The average molecular weight is 549 g/mol. The lowest BCUT2D eigenvalue weighted by molar-refractivity contribution is -0.137. The van der Waals surface area contributed by atoms with Crippen molar-refractivity contribution in [3.63, 3.8) is 0 Å². The van der Waals surface area contributed by atoms with Crippen molar-refractivity contribution >= 4 is 23.0 Å². The van der Waals surface area contributed by atoms with E-state index in [-0.39, 0.29) is 30.1 Å². The highest BCUT2D eigenvalue weighted by molar-refractivity contribution is 5.89. The average Bonchev–Trinajstić information content (AvgIpc) is 3.86. The first-order chi connectivity index (χ1) is 19.2. The zero-order valence-corrected chi connectivity index (χ0v) is 22.8. The fraction of sp³-hybridized carbons (Fsp3) is 0.552. The largest absolute Gasteiger partial charge is 0.465 e. The Hall–Kier alpha value is -3.73. The Morgan fingerprint density at radius 3 is 2.33 bits per heavy atom. The number of aliphatic hydroxyl groups is 1. The molecule has 2 aromatic heterocycles.